The zero-order valence-corrected chi connectivity index (χ0v) is 14.9. The van der Waals surface area contributed by atoms with Gasteiger partial charge in [-0.05, 0) is 18.7 Å². The second kappa shape index (κ2) is 8.97. The molecule has 0 saturated heterocycles. The quantitative estimate of drug-likeness (QED) is 0.531. The molecule has 0 amide bonds. The van der Waals surface area contributed by atoms with E-state index < -0.39 is 16.1 Å². The number of rotatable bonds is 7. The maximum absolute atomic E-state index is 10.6. The highest BCUT2D eigenvalue weighted by atomic mass is 32.2. The number of hydrogen-bond acceptors (Lipinski definition) is 3. The lowest BCUT2D eigenvalue weighted by Gasteiger charge is -2.30. The van der Waals surface area contributed by atoms with Gasteiger partial charge in [-0.2, -0.15) is 8.42 Å². The molecule has 0 saturated carbocycles. The summed E-state index contributed by atoms with van der Waals surface area (Å²) >= 11 is 0. The molecule has 0 fully saturated rings. The number of likely N-dealkylation sites (N-methyl/N-ethyl adjacent to an activating group) is 1. The van der Waals surface area contributed by atoms with E-state index in [2.05, 4.69) is 6.58 Å². The Morgan fingerprint density at radius 3 is 2.26 bits per heavy atom. The standard InChI is InChI=1S/C10H15NO3S.C5H11NO2/c1-2-11(7-4-3-5-8-11)9-6-10-15(12,13)14;1-6(2,3)4-5(7)8/h2-5,7H,1,6,8-10H2;4H2,1-3H3/p+2. The second-order valence-electron chi connectivity index (χ2n) is 6.44. The van der Waals surface area contributed by atoms with Crippen molar-refractivity contribution in [1.29, 1.82) is 0 Å². The molecule has 1 aliphatic heterocycles. The Bertz CT molecular complexity index is 561. The van der Waals surface area contributed by atoms with Crippen molar-refractivity contribution in [2.75, 3.05) is 46.5 Å². The van der Waals surface area contributed by atoms with Crippen molar-refractivity contribution in [3.8, 4) is 0 Å². The van der Waals surface area contributed by atoms with Crippen LogP contribution in [0.5, 0.6) is 0 Å². The Kier molecular flexibility index (Phi) is 8.39. The van der Waals surface area contributed by atoms with Crippen molar-refractivity contribution in [2.45, 2.75) is 6.42 Å². The van der Waals surface area contributed by atoms with Crippen LogP contribution in [0.1, 0.15) is 6.42 Å². The summed E-state index contributed by atoms with van der Waals surface area (Å²) in [6.07, 6.45) is 10.0. The number of carbonyl (C=O) groups is 1. The van der Waals surface area contributed by atoms with Gasteiger partial charge in [0.15, 0.2) is 6.54 Å². The molecule has 1 heterocycles. The first-order chi connectivity index (χ1) is 10.4. The molecule has 132 valence electrons. The van der Waals surface area contributed by atoms with Crippen LogP contribution in [0.2, 0.25) is 0 Å². The first-order valence-electron chi connectivity index (χ1n) is 7.21. The number of carboxylic acid groups (broad SMARTS) is 1. The van der Waals surface area contributed by atoms with Gasteiger partial charge in [-0.3, -0.25) is 9.04 Å². The molecule has 0 aliphatic carbocycles. The SMILES string of the molecule is C=C[N+]1(CCCS(=O)(=O)O)C=CC=CC1.C[N+](C)(C)CC(=O)O. The average molecular weight is 348 g/mol. The smallest absolute Gasteiger partial charge is 0.359 e. The normalized spacial score (nSPS) is 20.5. The van der Waals surface area contributed by atoms with Crippen molar-refractivity contribution < 1.29 is 31.8 Å². The average Bonchev–Trinajstić information content (AvgIpc) is 2.36. The summed E-state index contributed by atoms with van der Waals surface area (Å²) in [7, 11) is 1.68. The van der Waals surface area contributed by atoms with Gasteiger partial charge in [-0.15, -0.1) is 0 Å². The minimum atomic E-state index is -3.85. The van der Waals surface area contributed by atoms with Gasteiger partial charge in [-0.1, -0.05) is 6.08 Å². The van der Waals surface area contributed by atoms with E-state index in [0.717, 1.165) is 6.54 Å². The van der Waals surface area contributed by atoms with E-state index in [1.54, 1.807) is 6.20 Å². The third-order valence-electron chi connectivity index (χ3n) is 3.03. The fraction of sp³-hybridized carbons (Fsp3) is 0.533. The Balaban J connectivity index is 0.000000515. The van der Waals surface area contributed by atoms with Crippen LogP contribution < -0.4 is 0 Å². The molecule has 0 bridgehead atoms. The molecule has 0 radical (unpaired) electrons. The molecular formula is C15H28N2O5S+2. The molecule has 0 aromatic rings. The third kappa shape index (κ3) is 11.7. The van der Waals surface area contributed by atoms with Crippen LogP contribution in [0.25, 0.3) is 0 Å². The van der Waals surface area contributed by atoms with E-state index in [0.29, 0.717) is 21.9 Å². The largest absolute Gasteiger partial charge is 0.477 e. The molecule has 0 spiro atoms. The Morgan fingerprint density at radius 1 is 1.35 bits per heavy atom. The molecule has 1 atom stereocenters. The Labute approximate surface area is 138 Å². The van der Waals surface area contributed by atoms with Gasteiger partial charge in [0.05, 0.1) is 39.6 Å². The zero-order valence-electron chi connectivity index (χ0n) is 14.1. The molecule has 1 unspecified atom stereocenters. The molecule has 1 rings (SSSR count). The van der Waals surface area contributed by atoms with E-state index in [4.69, 9.17) is 9.66 Å². The molecule has 0 aromatic carbocycles. The Hall–Kier alpha value is -1.48. The highest BCUT2D eigenvalue weighted by Crippen LogP contribution is 2.14. The molecule has 8 heteroatoms. The molecule has 0 aromatic heterocycles. The number of quaternary nitrogens is 2. The summed E-state index contributed by atoms with van der Waals surface area (Å²) in [5, 5.41) is 8.23. The van der Waals surface area contributed by atoms with E-state index in [9.17, 15) is 13.2 Å². The summed E-state index contributed by atoms with van der Waals surface area (Å²) in [5.74, 6) is -0.948. The van der Waals surface area contributed by atoms with Crippen LogP contribution in [0, 0.1) is 0 Å². The van der Waals surface area contributed by atoms with Gasteiger partial charge in [0.25, 0.3) is 10.1 Å². The highest BCUT2D eigenvalue weighted by Gasteiger charge is 2.21. The van der Waals surface area contributed by atoms with Gasteiger partial charge in [0.1, 0.15) is 12.7 Å². The monoisotopic (exact) mass is 348 g/mol. The lowest BCUT2D eigenvalue weighted by molar-refractivity contribution is -0.862. The van der Waals surface area contributed by atoms with Crippen molar-refractivity contribution in [2.24, 2.45) is 0 Å². The molecule has 2 N–H and O–H groups in total. The predicted molar refractivity (Wildman–Crippen MR) is 90.0 cm³/mol. The minimum Gasteiger partial charge on any atom is -0.477 e. The molecule has 7 nitrogen and oxygen atoms in total. The third-order valence-corrected chi connectivity index (χ3v) is 3.83. The van der Waals surface area contributed by atoms with E-state index in [1.165, 1.54) is 0 Å². The number of allylic oxidation sites excluding steroid dienone is 2. The lowest BCUT2D eigenvalue weighted by atomic mass is 10.2. The van der Waals surface area contributed by atoms with E-state index in [1.807, 2.05) is 45.6 Å². The number of aliphatic carboxylic acids is 1. The van der Waals surface area contributed by atoms with Crippen LogP contribution in [0.4, 0.5) is 0 Å². The lowest BCUT2D eigenvalue weighted by Crippen LogP contribution is -2.39. The number of carboxylic acids is 1. The fourth-order valence-electron chi connectivity index (χ4n) is 1.96. The van der Waals surface area contributed by atoms with Crippen LogP contribution in [-0.2, 0) is 14.9 Å². The molecule has 23 heavy (non-hydrogen) atoms. The van der Waals surface area contributed by atoms with Crippen molar-refractivity contribution >= 4 is 16.1 Å². The van der Waals surface area contributed by atoms with Crippen molar-refractivity contribution in [3.63, 3.8) is 0 Å². The van der Waals surface area contributed by atoms with E-state index >= 15 is 0 Å². The van der Waals surface area contributed by atoms with Gasteiger partial charge in [0.2, 0.25) is 0 Å². The van der Waals surface area contributed by atoms with Crippen LogP contribution >= 0.6 is 0 Å². The minimum absolute atomic E-state index is 0.181. The second-order valence-corrected chi connectivity index (χ2v) is 8.02. The zero-order chi connectivity index (χ0) is 18.1. The van der Waals surface area contributed by atoms with Crippen LogP contribution in [0.3, 0.4) is 0 Å². The number of hydrogen-bond donors (Lipinski definition) is 2. The van der Waals surface area contributed by atoms with E-state index in [-0.39, 0.29) is 12.3 Å². The summed E-state index contributed by atoms with van der Waals surface area (Å²) < 4.78 is 30.7. The van der Waals surface area contributed by atoms with Crippen LogP contribution in [0.15, 0.2) is 37.2 Å². The van der Waals surface area contributed by atoms with Crippen molar-refractivity contribution in [3.05, 3.63) is 37.2 Å². The summed E-state index contributed by atoms with van der Waals surface area (Å²) in [6.45, 7) is 5.34. The van der Waals surface area contributed by atoms with Gasteiger partial charge in [0, 0.05) is 6.42 Å². The Morgan fingerprint density at radius 2 is 1.96 bits per heavy atom. The summed E-state index contributed by atoms with van der Waals surface area (Å²) in [4.78, 5) is 10.00. The van der Waals surface area contributed by atoms with Crippen LogP contribution in [-0.4, -0.2) is 79.5 Å². The van der Waals surface area contributed by atoms with Gasteiger partial charge >= 0.3 is 5.97 Å². The molecular weight excluding hydrogens is 320 g/mol. The van der Waals surface area contributed by atoms with Gasteiger partial charge in [-0.25, -0.2) is 4.79 Å². The fourth-order valence-corrected chi connectivity index (χ4v) is 2.45. The first-order valence-corrected chi connectivity index (χ1v) is 8.82. The summed E-state index contributed by atoms with van der Waals surface area (Å²) in [5.41, 5.74) is 0. The topological polar surface area (TPSA) is 91.7 Å². The molecule has 1 aliphatic rings. The number of nitrogens with zero attached hydrogens (tertiary/aromatic N) is 2. The maximum atomic E-state index is 10.6. The van der Waals surface area contributed by atoms with Crippen molar-refractivity contribution in [1.82, 2.24) is 0 Å². The summed E-state index contributed by atoms with van der Waals surface area (Å²) in [6, 6.07) is 0. The first kappa shape index (κ1) is 21.5. The maximum Gasteiger partial charge on any atom is 0.359 e. The highest BCUT2D eigenvalue weighted by molar-refractivity contribution is 7.85. The van der Waals surface area contributed by atoms with Gasteiger partial charge < -0.3 is 9.59 Å². The predicted octanol–water partition coefficient (Wildman–Crippen LogP) is 1.09.